The molecule has 59 heavy (non-hydrogen) atoms. The second kappa shape index (κ2) is 25.2. The molecule has 0 aliphatic rings. The summed E-state index contributed by atoms with van der Waals surface area (Å²) in [5.41, 5.74) is -11.5. The Bertz CT molecular complexity index is 1350. The van der Waals surface area contributed by atoms with Gasteiger partial charge in [-0.2, -0.15) is 84.9 Å². The van der Waals surface area contributed by atoms with Crippen LogP contribution in [-0.4, -0.2) is 76.7 Å². The van der Waals surface area contributed by atoms with Crippen LogP contribution in [0.2, 0.25) is 0 Å². The lowest BCUT2D eigenvalue weighted by molar-refractivity contribution is -0.338. The summed E-state index contributed by atoms with van der Waals surface area (Å²) < 4.78 is 286. The number of phosphoric ester groups is 1. The van der Waals surface area contributed by atoms with E-state index in [4.69, 9.17) is 19.8 Å². The van der Waals surface area contributed by atoms with Crippen molar-refractivity contribution in [2.45, 2.75) is 96.4 Å². The lowest BCUT2D eigenvalue weighted by atomic mass is 9.84. The Morgan fingerprint density at radius 2 is 0.831 bits per heavy atom. The minimum absolute atomic E-state index is 0. The zero-order chi connectivity index (χ0) is 47.8. The molecule has 0 aromatic carbocycles. The van der Waals surface area contributed by atoms with Gasteiger partial charge in [0.25, 0.3) is 0 Å². The van der Waals surface area contributed by atoms with Gasteiger partial charge in [-0.1, -0.05) is 0 Å². The summed E-state index contributed by atoms with van der Waals surface area (Å²) in [7, 11) is -15.7. The molecule has 360 valence electrons. The number of halogens is 18. The third-order valence-corrected chi connectivity index (χ3v) is 10.2. The van der Waals surface area contributed by atoms with Crippen LogP contribution in [-0.2, 0) is 41.1 Å². The third kappa shape index (κ3) is 23.1. The van der Waals surface area contributed by atoms with Crippen molar-refractivity contribution >= 4 is 30.7 Å². The second-order valence-electron chi connectivity index (χ2n) is 11.3. The summed E-state index contributed by atoms with van der Waals surface area (Å²) in [5.74, 6) is 8.72. The Morgan fingerprint density at radius 1 is 0.576 bits per heavy atom. The van der Waals surface area contributed by atoms with Crippen molar-refractivity contribution in [2.75, 3.05) is 19.8 Å². The second-order valence-corrected chi connectivity index (χ2v) is 17.7. The van der Waals surface area contributed by atoms with Gasteiger partial charge < -0.3 is 25.9 Å². The highest BCUT2D eigenvalue weighted by atomic mass is 32.1. The summed E-state index contributed by atoms with van der Waals surface area (Å²) in [6, 6.07) is 0. The van der Waals surface area contributed by atoms with E-state index in [1.54, 1.807) is 0 Å². The molecule has 0 fully saturated rings. The maximum atomic E-state index is 12.4. The molecule has 0 radical (unpaired) electrons. The quantitative estimate of drug-likeness (QED) is 0.0328. The summed E-state index contributed by atoms with van der Waals surface area (Å²) in [6.45, 7) is -1.96. The van der Waals surface area contributed by atoms with E-state index in [1.165, 1.54) is 0 Å². The van der Waals surface area contributed by atoms with E-state index in [9.17, 15) is 102 Å². The first-order valence-electron chi connectivity index (χ1n) is 14.3. The van der Waals surface area contributed by atoms with Gasteiger partial charge in [0.2, 0.25) is 0 Å². The maximum absolute atomic E-state index is 12.4. The molecular weight excluding hydrogens is 968 g/mol. The molecule has 0 aromatic heterocycles. The van der Waals surface area contributed by atoms with Gasteiger partial charge in [-0.05, 0) is 63.9 Å². The summed E-state index contributed by atoms with van der Waals surface area (Å²) >= 11 is 0. The number of hydrogen-bond acceptors (Lipinski definition) is 13. The number of phosphoric acid groups is 1. The lowest BCUT2D eigenvalue weighted by Crippen LogP contribution is -2.47. The molecule has 2 atom stereocenters. The fourth-order valence-electron chi connectivity index (χ4n) is 3.00. The average Bonchev–Trinajstić information content (AvgIpc) is 3.00. The number of nitrogens with two attached hydrogens (primary N) is 2. The highest BCUT2D eigenvalue weighted by molar-refractivity contribution is 8.16. The summed E-state index contributed by atoms with van der Waals surface area (Å²) in [4.78, 5) is 23.8. The SMILES string of the molecule is CC(CCCO)(C(F)(F)F)C(F)(F)F.CC(CCCOP(=O)(O)ON)(C(F)(F)F)C(F)(F)F.CC(CCCO[P+](=O)ON)(C(F)(F)F)C(F)(F)F.N.O=P(=O)P(=O)(O)O. The van der Waals surface area contributed by atoms with Gasteiger partial charge in [-0.3, -0.25) is 4.52 Å². The normalized spacial score (nSPS) is 14.9. The molecular formula is C21H38F18N3O13P4+. The van der Waals surface area contributed by atoms with Crippen LogP contribution in [0.1, 0.15) is 59.3 Å². The van der Waals surface area contributed by atoms with Crippen LogP contribution in [0.3, 0.4) is 0 Å². The van der Waals surface area contributed by atoms with Crippen molar-refractivity contribution < 1.29 is 140 Å². The maximum Gasteiger partial charge on any atom is 0.716 e. The van der Waals surface area contributed by atoms with E-state index >= 15 is 0 Å². The molecule has 16 nitrogen and oxygen atoms in total. The third-order valence-electron chi connectivity index (χ3n) is 7.11. The number of aliphatic hydroxyl groups excluding tert-OH is 1. The van der Waals surface area contributed by atoms with Crippen molar-refractivity contribution in [1.29, 1.82) is 0 Å². The molecule has 0 aromatic rings. The van der Waals surface area contributed by atoms with Crippen molar-refractivity contribution in [3.8, 4) is 0 Å². The molecule has 0 bridgehead atoms. The van der Waals surface area contributed by atoms with E-state index in [0.717, 1.165) is 0 Å². The number of rotatable bonds is 16. The van der Waals surface area contributed by atoms with Crippen molar-refractivity contribution in [3.63, 3.8) is 0 Å². The van der Waals surface area contributed by atoms with Crippen molar-refractivity contribution in [2.24, 2.45) is 28.0 Å². The summed E-state index contributed by atoms with van der Waals surface area (Å²) in [6.07, 6.45) is -38.2. The molecule has 0 saturated carbocycles. The smallest absolute Gasteiger partial charge is 0.396 e. The van der Waals surface area contributed by atoms with Gasteiger partial charge in [0, 0.05) is 11.2 Å². The Kier molecular flexibility index (Phi) is 28.5. The lowest BCUT2D eigenvalue weighted by Gasteiger charge is -2.33. The molecule has 0 amide bonds. The Hall–Kier alpha value is -1.24. The average molecular weight is 1010 g/mol. The molecule has 0 aliphatic carbocycles. The highest BCUT2D eigenvalue weighted by Gasteiger charge is 2.68. The van der Waals surface area contributed by atoms with Gasteiger partial charge in [-0.15, -0.1) is 4.52 Å². The first-order chi connectivity index (χ1) is 25.2. The fourth-order valence-corrected chi connectivity index (χ4v) is 3.76. The number of alkyl halides is 18. The van der Waals surface area contributed by atoms with Crippen LogP contribution in [0, 0.1) is 16.2 Å². The molecule has 0 rings (SSSR count). The minimum atomic E-state index is -5.50. The van der Waals surface area contributed by atoms with E-state index in [1.807, 2.05) is 0 Å². The fraction of sp³-hybridized carbons (Fsp3) is 1.00. The van der Waals surface area contributed by atoms with Gasteiger partial charge >= 0.3 is 67.8 Å². The van der Waals surface area contributed by atoms with E-state index < -0.39 is 142 Å². The molecule has 0 heterocycles. The molecule has 0 saturated heterocycles. The van der Waals surface area contributed by atoms with Crippen LogP contribution in [0.5, 0.6) is 0 Å². The first kappa shape index (κ1) is 66.9. The molecule has 0 aliphatic heterocycles. The predicted octanol–water partition coefficient (Wildman–Crippen LogP) is 9.67. The van der Waals surface area contributed by atoms with Gasteiger partial charge in [-0.25, -0.2) is 28.8 Å². The largest absolute Gasteiger partial charge is 0.716 e. The van der Waals surface area contributed by atoms with Gasteiger partial charge in [0.05, 0.1) is 6.61 Å². The van der Waals surface area contributed by atoms with Crippen LogP contribution < -0.4 is 17.9 Å². The van der Waals surface area contributed by atoms with E-state index in [0.29, 0.717) is 0 Å². The van der Waals surface area contributed by atoms with Crippen LogP contribution in [0.15, 0.2) is 0 Å². The topological polar surface area (TPSA) is 290 Å². The zero-order valence-corrected chi connectivity index (χ0v) is 33.4. The predicted molar refractivity (Wildman–Crippen MR) is 161 cm³/mol. The van der Waals surface area contributed by atoms with Crippen molar-refractivity contribution in [1.82, 2.24) is 6.15 Å². The Morgan fingerprint density at radius 3 is 1.03 bits per heavy atom. The molecule has 0 spiro atoms. The standard InChI is InChI=1S/C7H12F6NO4P.C7H11F6NO3P.C7H10F6O.H3N.H2O5P2/c1-5(6(8,9)10,7(11,12)13)3-2-4-17-19(15,16)18-14;1-5(6(8,9)10,7(11,12)13)3-2-4-16-18(15)17-14;1-5(3-2-4-14,6(8,9)10)7(11,12)13;;1-6(2)7(3,4)5/h2-4,14H2,1H3,(H,15,16);2-4,14H2,1H3;14H,2-4H2,1H3;1H3;(H2,3,4,5)/q;+1;;;. The van der Waals surface area contributed by atoms with Crippen LogP contribution in [0.25, 0.3) is 0 Å². The zero-order valence-electron chi connectivity index (χ0n) is 29.8. The molecule has 38 heteroatoms. The van der Waals surface area contributed by atoms with E-state index in [2.05, 4.69) is 30.1 Å². The van der Waals surface area contributed by atoms with E-state index in [-0.39, 0.29) is 26.9 Å². The Labute approximate surface area is 321 Å². The van der Waals surface area contributed by atoms with Crippen LogP contribution >= 0.6 is 30.7 Å². The number of hydrogen-bond donors (Lipinski definition) is 7. The van der Waals surface area contributed by atoms with Crippen LogP contribution in [0.4, 0.5) is 79.0 Å². The monoisotopic (exact) mass is 1010 g/mol. The highest BCUT2D eigenvalue weighted by Crippen LogP contribution is 2.56. The Balaban J connectivity index is -0.000000228. The molecule has 2 unspecified atom stereocenters. The van der Waals surface area contributed by atoms with Gasteiger partial charge in [0.1, 0.15) is 6.61 Å². The molecule has 11 N–H and O–H groups in total. The summed E-state index contributed by atoms with van der Waals surface area (Å²) in [5, 5.41) is 8.23. The van der Waals surface area contributed by atoms with Gasteiger partial charge in [0.15, 0.2) is 16.2 Å². The minimum Gasteiger partial charge on any atom is -0.396 e. The first-order valence-corrected chi connectivity index (χ1v) is 20.4. The number of aliphatic hydroxyl groups is 1. The van der Waals surface area contributed by atoms with Crippen molar-refractivity contribution in [3.05, 3.63) is 0 Å².